The maximum absolute atomic E-state index is 10.2. The molecule has 0 fully saturated rings. The molecule has 0 bridgehead atoms. The summed E-state index contributed by atoms with van der Waals surface area (Å²) in [5.74, 6) is -0.383. The van der Waals surface area contributed by atoms with Crippen LogP contribution in [0.5, 0.6) is 5.75 Å². The zero-order valence-corrected chi connectivity index (χ0v) is 11.1. The van der Waals surface area contributed by atoms with Crippen molar-refractivity contribution in [3.05, 3.63) is 29.8 Å². The summed E-state index contributed by atoms with van der Waals surface area (Å²) in [4.78, 5) is 11.8. The van der Waals surface area contributed by atoms with Crippen molar-refractivity contribution < 1.29 is 19.5 Å². The van der Waals surface area contributed by atoms with Gasteiger partial charge in [0, 0.05) is 18.0 Å². The number of carboxylic acids is 1. The Morgan fingerprint density at radius 2 is 1.83 bits per heavy atom. The Balaban J connectivity index is 2.44. The first-order chi connectivity index (χ1) is 8.65. The molecule has 0 amide bonds. The van der Waals surface area contributed by atoms with E-state index >= 15 is 0 Å². The van der Waals surface area contributed by atoms with Crippen molar-refractivity contribution in [3.8, 4) is 5.75 Å². The van der Waals surface area contributed by atoms with Crippen LogP contribution >= 0.6 is 0 Å². The second-order valence-corrected chi connectivity index (χ2v) is 4.25. The van der Waals surface area contributed by atoms with Gasteiger partial charge in [-0.1, -0.05) is 0 Å². The average Bonchev–Trinajstić information content (AvgIpc) is 2.37. The Morgan fingerprint density at radius 3 is 2.33 bits per heavy atom. The standard InChI is InChI=1S/C14H21NO3/c1-3-15(4-2)11-12-5-7-13(8-6-12)18-10-9-14(16)17/h5-8H,3-4,9-11H2,1-2H3,(H,16,17). The summed E-state index contributed by atoms with van der Waals surface area (Å²) in [6.45, 7) is 7.74. The van der Waals surface area contributed by atoms with E-state index in [2.05, 4.69) is 13.8 Å². The first-order valence-electron chi connectivity index (χ1n) is 6.40. The van der Waals surface area contributed by atoms with Gasteiger partial charge in [-0.3, -0.25) is 0 Å². The van der Waals surface area contributed by atoms with Gasteiger partial charge in [0.25, 0.3) is 0 Å². The predicted molar refractivity (Wildman–Crippen MR) is 67.3 cm³/mol. The van der Waals surface area contributed by atoms with E-state index in [9.17, 15) is 9.90 Å². The smallest absolute Gasteiger partial charge is 0.119 e. The van der Waals surface area contributed by atoms with Gasteiger partial charge in [0.2, 0.25) is 0 Å². The van der Waals surface area contributed by atoms with Crippen molar-refractivity contribution in [2.24, 2.45) is 0 Å². The number of hydrogen-bond donors (Lipinski definition) is 1. The van der Waals surface area contributed by atoms with Crippen LogP contribution in [0.3, 0.4) is 0 Å². The van der Waals surface area contributed by atoms with Crippen LogP contribution in [0.4, 0.5) is 0 Å². The summed E-state index contributed by atoms with van der Waals surface area (Å²) >= 11 is 0. The molecule has 18 heavy (non-hydrogen) atoms. The molecule has 1 N–H and O–H groups in total. The Labute approximate surface area is 108 Å². The monoisotopic (exact) mass is 251 g/mol. The highest BCUT2D eigenvalue weighted by molar-refractivity contribution is 5.64. The van der Waals surface area contributed by atoms with Gasteiger partial charge in [-0.05, 0) is 38.1 Å². The van der Waals surface area contributed by atoms with Crippen LogP contribution in [0, 0.1) is 0 Å². The highest BCUT2D eigenvalue weighted by Crippen LogP contribution is 2.11. The fourth-order valence-electron chi connectivity index (χ4n) is 1.74. The highest BCUT2D eigenvalue weighted by Gasteiger charge is 2.04. The van der Waals surface area contributed by atoms with Crippen LogP contribution in [0.15, 0.2) is 24.3 Å². The molecule has 0 aromatic heterocycles. The summed E-state index contributed by atoms with van der Waals surface area (Å²) in [6, 6.07) is 7.82. The minimum Gasteiger partial charge on any atom is -0.550 e. The molecule has 0 aliphatic heterocycles. The maximum atomic E-state index is 10.2. The zero-order chi connectivity index (χ0) is 13.4. The number of aliphatic carboxylic acids is 1. The van der Waals surface area contributed by atoms with Crippen LogP contribution in [-0.2, 0) is 11.3 Å². The molecule has 100 valence electrons. The first kappa shape index (κ1) is 14.5. The normalized spacial score (nSPS) is 10.6. The number of carbonyl (C=O) groups is 1. The van der Waals surface area contributed by atoms with Crippen LogP contribution in [0.2, 0.25) is 0 Å². The van der Waals surface area contributed by atoms with Gasteiger partial charge >= 0.3 is 0 Å². The molecule has 0 saturated carbocycles. The maximum Gasteiger partial charge on any atom is 0.119 e. The molecule has 0 saturated heterocycles. The SMILES string of the molecule is CC[NH+](CC)Cc1ccc(OCCC(=O)[O-])cc1. The third-order valence-corrected chi connectivity index (χ3v) is 2.95. The lowest BCUT2D eigenvalue weighted by Gasteiger charge is -2.15. The van der Waals surface area contributed by atoms with Crippen LogP contribution in [-0.4, -0.2) is 25.7 Å². The molecule has 1 rings (SSSR count). The molecule has 0 radical (unpaired) electrons. The summed E-state index contributed by atoms with van der Waals surface area (Å²) in [6.07, 6.45) is -0.0780. The molecule has 0 heterocycles. The van der Waals surface area contributed by atoms with Crippen molar-refractivity contribution in [2.45, 2.75) is 26.8 Å². The van der Waals surface area contributed by atoms with Gasteiger partial charge in [-0.25, -0.2) is 0 Å². The van der Waals surface area contributed by atoms with E-state index in [1.165, 1.54) is 10.5 Å². The van der Waals surface area contributed by atoms with Crippen molar-refractivity contribution in [2.75, 3.05) is 19.7 Å². The Bertz CT molecular complexity index is 358. The van der Waals surface area contributed by atoms with Gasteiger partial charge in [-0.2, -0.15) is 0 Å². The first-order valence-corrected chi connectivity index (χ1v) is 6.40. The van der Waals surface area contributed by atoms with Crippen LogP contribution in [0.1, 0.15) is 25.8 Å². The van der Waals surface area contributed by atoms with E-state index in [4.69, 9.17) is 4.74 Å². The number of rotatable bonds is 8. The van der Waals surface area contributed by atoms with Gasteiger partial charge < -0.3 is 19.5 Å². The van der Waals surface area contributed by atoms with Crippen LogP contribution < -0.4 is 14.7 Å². The molecule has 1 aromatic carbocycles. The molecule has 0 atom stereocenters. The number of ether oxygens (including phenoxy) is 1. The highest BCUT2D eigenvalue weighted by atomic mass is 16.5. The third kappa shape index (κ3) is 5.19. The Kier molecular flexibility index (Phi) is 6.22. The number of carbonyl (C=O) groups excluding carboxylic acids is 1. The largest absolute Gasteiger partial charge is 0.550 e. The fraction of sp³-hybridized carbons (Fsp3) is 0.500. The van der Waals surface area contributed by atoms with Crippen molar-refractivity contribution in [1.29, 1.82) is 0 Å². The predicted octanol–water partition coefficient (Wildman–Crippen LogP) is -0.370. The van der Waals surface area contributed by atoms with Gasteiger partial charge in [0.05, 0.1) is 19.7 Å². The molecule has 0 unspecified atom stereocenters. The molecule has 0 aliphatic rings. The number of carboxylic acid groups (broad SMARTS) is 1. The molecular formula is C14H21NO3. The van der Waals surface area contributed by atoms with Crippen molar-refractivity contribution in [3.63, 3.8) is 0 Å². The fourth-order valence-corrected chi connectivity index (χ4v) is 1.74. The Hall–Kier alpha value is -1.55. The van der Waals surface area contributed by atoms with E-state index in [1.54, 1.807) is 0 Å². The zero-order valence-electron chi connectivity index (χ0n) is 11.1. The lowest BCUT2D eigenvalue weighted by atomic mass is 10.2. The quantitative estimate of drug-likeness (QED) is 0.686. The lowest BCUT2D eigenvalue weighted by Crippen LogP contribution is -3.10. The molecule has 0 spiro atoms. The van der Waals surface area contributed by atoms with E-state index in [-0.39, 0.29) is 13.0 Å². The minimum absolute atomic E-state index is 0.0780. The summed E-state index contributed by atoms with van der Waals surface area (Å²) in [7, 11) is 0. The average molecular weight is 251 g/mol. The minimum atomic E-state index is -1.09. The number of quaternary nitrogens is 1. The summed E-state index contributed by atoms with van der Waals surface area (Å²) < 4.78 is 5.30. The second-order valence-electron chi connectivity index (χ2n) is 4.25. The van der Waals surface area contributed by atoms with E-state index in [1.807, 2.05) is 24.3 Å². The second kappa shape index (κ2) is 7.71. The number of benzene rings is 1. The molecule has 0 aliphatic carbocycles. The summed E-state index contributed by atoms with van der Waals surface area (Å²) in [5, 5.41) is 10.2. The van der Waals surface area contributed by atoms with Crippen LogP contribution in [0.25, 0.3) is 0 Å². The topological polar surface area (TPSA) is 53.8 Å². The van der Waals surface area contributed by atoms with Gasteiger partial charge in [0.15, 0.2) is 0 Å². The van der Waals surface area contributed by atoms with E-state index in [0.717, 1.165) is 19.6 Å². The van der Waals surface area contributed by atoms with Crippen molar-refractivity contribution in [1.82, 2.24) is 0 Å². The van der Waals surface area contributed by atoms with Crippen molar-refractivity contribution >= 4 is 5.97 Å². The molecule has 4 heteroatoms. The molecular weight excluding hydrogens is 230 g/mol. The Morgan fingerprint density at radius 1 is 1.22 bits per heavy atom. The van der Waals surface area contributed by atoms with Gasteiger partial charge in [0.1, 0.15) is 12.3 Å². The number of nitrogens with one attached hydrogen (secondary N) is 1. The third-order valence-electron chi connectivity index (χ3n) is 2.95. The lowest BCUT2D eigenvalue weighted by molar-refractivity contribution is -0.910. The van der Waals surface area contributed by atoms with Gasteiger partial charge in [-0.15, -0.1) is 0 Å². The summed E-state index contributed by atoms with van der Waals surface area (Å²) in [5.41, 5.74) is 1.26. The van der Waals surface area contributed by atoms with E-state index in [0.29, 0.717) is 5.75 Å². The molecule has 1 aromatic rings. The van der Waals surface area contributed by atoms with E-state index < -0.39 is 5.97 Å². The molecule has 4 nitrogen and oxygen atoms in total. The number of hydrogen-bond acceptors (Lipinski definition) is 3.